The number of hydrogen-bond acceptors (Lipinski definition) is 5. The number of thiazole rings is 1. The summed E-state index contributed by atoms with van der Waals surface area (Å²) in [7, 11) is -1.13. The number of rotatable bonds is 2. The van der Waals surface area contributed by atoms with E-state index in [0.29, 0.717) is 17.4 Å². The van der Waals surface area contributed by atoms with E-state index >= 15 is 0 Å². The van der Waals surface area contributed by atoms with Gasteiger partial charge in [0.25, 0.3) is 0 Å². The predicted octanol–water partition coefficient (Wildman–Crippen LogP) is 2.26. The highest BCUT2D eigenvalue weighted by Crippen LogP contribution is 2.23. The summed E-state index contributed by atoms with van der Waals surface area (Å²) in [5.74, 6) is 0. The number of carbonyl (C=O) groups is 1. The van der Waals surface area contributed by atoms with E-state index in [1.807, 2.05) is 26.2 Å². The van der Waals surface area contributed by atoms with Crippen LogP contribution in [0.25, 0.3) is 0 Å². The quantitative estimate of drug-likeness (QED) is 0.841. The molecule has 1 aliphatic heterocycles. The molecule has 2 atom stereocenters. The molecular weight excluding hydrogens is 284 g/mol. The summed E-state index contributed by atoms with van der Waals surface area (Å²) in [5.41, 5.74) is -0.496. The number of ether oxygens (including phenoxy) is 1. The maximum absolute atomic E-state index is 12.2. The normalized spacial score (nSPS) is 21.4. The molecule has 1 amide bonds. The molecule has 7 heteroatoms. The Morgan fingerprint density at radius 2 is 2.32 bits per heavy atom. The smallest absolute Gasteiger partial charge is 0.410 e. The first-order valence-electron chi connectivity index (χ1n) is 6.15. The van der Waals surface area contributed by atoms with E-state index in [4.69, 9.17) is 4.74 Å². The molecule has 0 bridgehead atoms. The van der Waals surface area contributed by atoms with Crippen LogP contribution in [-0.4, -0.2) is 44.1 Å². The monoisotopic (exact) mass is 302 g/mol. The molecule has 0 saturated carbocycles. The van der Waals surface area contributed by atoms with Crippen molar-refractivity contribution in [1.82, 2.24) is 9.88 Å². The maximum Gasteiger partial charge on any atom is 0.410 e. The fourth-order valence-corrected chi connectivity index (χ4v) is 4.25. The summed E-state index contributed by atoms with van der Waals surface area (Å²) in [6.45, 7) is 6.59. The number of carbonyl (C=O) groups excluding carboxylic acids is 1. The van der Waals surface area contributed by atoms with Crippen LogP contribution in [0.15, 0.2) is 15.9 Å². The van der Waals surface area contributed by atoms with E-state index < -0.39 is 16.4 Å². The van der Waals surface area contributed by atoms with E-state index in [0.717, 1.165) is 6.42 Å². The lowest BCUT2D eigenvalue weighted by atomic mass is 10.2. The van der Waals surface area contributed by atoms with Crippen LogP contribution < -0.4 is 0 Å². The Hall–Kier alpha value is -0.950. The Bertz CT molecular complexity index is 468. The zero-order valence-electron chi connectivity index (χ0n) is 11.3. The van der Waals surface area contributed by atoms with E-state index in [9.17, 15) is 9.00 Å². The van der Waals surface area contributed by atoms with Gasteiger partial charge < -0.3 is 9.64 Å². The first kappa shape index (κ1) is 14.5. The fraction of sp³-hybridized carbons (Fsp3) is 0.667. The highest BCUT2D eigenvalue weighted by atomic mass is 32.2. The molecule has 1 fully saturated rings. The zero-order valence-corrected chi connectivity index (χ0v) is 12.9. The molecule has 1 aromatic rings. The maximum atomic E-state index is 12.2. The van der Waals surface area contributed by atoms with Crippen LogP contribution in [0.4, 0.5) is 4.79 Å². The van der Waals surface area contributed by atoms with Crippen LogP contribution in [0.2, 0.25) is 0 Å². The van der Waals surface area contributed by atoms with Crippen molar-refractivity contribution in [3.8, 4) is 0 Å². The third-order valence-corrected chi connectivity index (χ3v) is 5.47. The molecule has 0 aromatic carbocycles. The van der Waals surface area contributed by atoms with Gasteiger partial charge in [0, 0.05) is 24.7 Å². The number of likely N-dealkylation sites (tertiary alicyclic amines) is 1. The Labute approximate surface area is 119 Å². The Morgan fingerprint density at radius 1 is 1.58 bits per heavy atom. The van der Waals surface area contributed by atoms with Crippen LogP contribution in [-0.2, 0) is 15.5 Å². The predicted molar refractivity (Wildman–Crippen MR) is 74.7 cm³/mol. The van der Waals surface area contributed by atoms with Crippen molar-refractivity contribution in [3.05, 3.63) is 11.6 Å². The molecular formula is C12H18N2O3S2. The SMILES string of the molecule is CC(C)(C)OC(=O)N1CCC(S(=O)c2nccs2)C1. The van der Waals surface area contributed by atoms with Gasteiger partial charge in [-0.3, -0.25) is 4.21 Å². The molecule has 5 nitrogen and oxygen atoms in total. The zero-order chi connectivity index (χ0) is 14.0. The first-order chi connectivity index (χ1) is 8.87. The largest absolute Gasteiger partial charge is 0.444 e. The van der Waals surface area contributed by atoms with Crippen LogP contribution in [0.1, 0.15) is 27.2 Å². The summed E-state index contributed by atoms with van der Waals surface area (Å²) in [6.07, 6.45) is 2.05. The second kappa shape index (κ2) is 5.58. The van der Waals surface area contributed by atoms with Gasteiger partial charge in [-0.05, 0) is 27.2 Å². The molecule has 0 aliphatic carbocycles. The minimum atomic E-state index is -1.13. The summed E-state index contributed by atoms with van der Waals surface area (Å²) < 4.78 is 18.2. The van der Waals surface area contributed by atoms with Crippen molar-refractivity contribution >= 4 is 28.2 Å². The number of aromatic nitrogens is 1. The minimum absolute atomic E-state index is 0.0429. The van der Waals surface area contributed by atoms with E-state index in [2.05, 4.69) is 4.98 Å². The highest BCUT2D eigenvalue weighted by molar-refractivity contribution is 7.87. The molecule has 106 valence electrons. The van der Waals surface area contributed by atoms with Gasteiger partial charge in [-0.15, -0.1) is 11.3 Å². The average Bonchev–Trinajstić information content (AvgIpc) is 2.98. The molecule has 1 aliphatic rings. The lowest BCUT2D eigenvalue weighted by molar-refractivity contribution is 0.0295. The van der Waals surface area contributed by atoms with Gasteiger partial charge in [0.05, 0.1) is 16.0 Å². The minimum Gasteiger partial charge on any atom is -0.444 e. The van der Waals surface area contributed by atoms with Crippen LogP contribution in [0.3, 0.4) is 0 Å². The van der Waals surface area contributed by atoms with Gasteiger partial charge in [-0.2, -0.15) is 0 Å². The van der Waals surface area contributed by atoms with E-state index in [1.165, 1.54) is 11.3 Å². The van der Waals surface area contributed by atoms with Crippen molar-refractivity contribution in [2.45, 2.75) is 42.4 Å². The van der Waals surface area contributed by atoms with Crippen molar-refractivity contribution in [2.24, 2.45) is 0 Å². The number of hydrogen-bond donors (Lipinski definition) is 0. The van der Waals surface area contributed by atoms with Gasteiger partial charge >= 0.3 is 6.09 Å². The molecule has 1 aromatic heterocycles. The molecule has 2 rings (SSSR count). The van der Waals surface area contributed by atoms with Crippen molar-refractivity contribution < 1.29 is 13.7 Å². The standard InChI is InChI=1S/C12H18N2O3S2/c1-12(2,3)17-11(15)14-6-4-9(8-14)19(16)10-13-5-7-18-10/h5,7,9H,4,6,8H2,1-3H3. The fourth-order valence-electron chi connectivity index (χ4n) is 1.85. The van der Waals surface area contributed by atoms with Gasteiger partial charge in [-0.25, -0.2) is 9.78 Å². The summed E-state index contributed by atoms with van der Waals surface area (Å²) >= 11 is 1.39. The number of amides is 1. The lowest BCUT2D eigenvalue weighted by Gasteiger charge is -2.24. The van der Waals surface area contributed by atoms with Gasteiger partial charge in [-0.1, -0.05) is 0 Å². The lowest BCUT2D eigenvalue weighted by Crippen LogP contribution is -2.36. The Morgan fingerprint density at radius 3 is 2.89 bits per heavy atom. The van der Waals surface area contributed by atoms with Crippen LogP contribution in [0, 0.1) is 0 Å². The summed E-state index contributed by atoms with van der Waals surface area (Å²) in [6, 6.07) is 0. The molecule has 19 heavy (non-hydrogen) atoms. The molecule has 1 saturated heterocycles. The Kier molecular flexibility index (Phi) is 4.25. The second-order valence-electron chi connectivity index (χ2n) is 5.43. The van der Waals surface area contributed by atoms with Crippen LogP contribution >= 0.6 is 11.3 Å². The van der Waals surface area contributed by atoms with Gasteiger partial charge in [0.15, 0.2) is 4.34 Å². The van der Waals surface area contributed by atoms with Gasteiger partial charge in [0.1, 0.15) is 5.60 Å². The third-order valence-electron chi connectivity index (χ3n) is 2.68. The Balaban J connectivity index is 1.93. The van der Waals surface area contributed by atoms with E-state index in [-0.39, 0.29) is 11.3 Å². The van der Waals surface area contributed by atoms with Gasteiger partial charge in [0.2, 0.25) is 0 Å². The molecule has 2 unspecified atom stereocenters. The van der Waals surface area contributed by atoms with Crippen LogP contribution in [0.5, 0.6) is 0 Å². The topological polar surface area (TPSA) is 59.5 Å². The molecule has 0 spiro atoms. The first-order valence-corrected chi connectivity index (χ1v) is 8.24. The number of nitrogens with zero attached hydrogens (tertiary/aromatic N) is 2. The summed E-state index contributed by atoms with van der Waals surface area (Å²) in [4.78, 5) is 17.6. The highest BCUT2D eigenvalue weighted by Gasteiger charge is 2.33. The summed E-state index contributed by atoms with van der Waals surface area (Å²) in [5, 5.41) is 1.77. The van der Waals surface area contributed by atoms with E-state index in [1.54, 1.807) is 11.1 Å². The molecule has 2 heterocycles. The second-order valence-corrected chi connectivity index (χ2v) is 8.23. The molecule has 0 N–H and O–H groups in total. The van der Waals surface area contributed by atoms with Crippen molar-refractivity contribution in [3.63, 3.8) is 0 Å². The van der Waals surface area contributed by atoms with Crippen molar-refractivity contribution in [1.29, 1.82) is 0 Å². The third kappa shape index (κ3) is 3.76. The average molecular weight is 302 g/mol. The molecule has 0 radical (unpaired) electrons. The van der Waals surface area contributed by atoms with Crippen molar-refractivity contribution in [2.75, 3.05) is 13.1 Å².